The quantitative estimate of drug-likeness (QED) is 0.720. The molecule has 0 aliphatic carbocycles. The Morgan fingerprint density at radius 1 is 1.41 bits per heavy atom. The van der Waals surface area contributed by atoms with Gasteiger partial charge in [0.05, 0.1) is 5.69 Å². The molecular weight excluding hydrogens is 216 g/mol. The van der Waals surface area contributed by atoms with Gasteiger partial charge < -0.3 is 10.1 Å². The summed E-state index contributed by atoms with van der Waals surface area (Å²) in [4.78, 5) is 11.6. The predicted octanol–water partition coefficient (Wildman–Crippen LogP) is 2.14. The second-order valence-electron chi connectivity index (χ2n) is 4.84. The van der Waals surface area contributed by atoms with Gasteiger partial charge in [0.15, 0.2) is 5.60 Å². The maximum absolute atomic E-state index is 11.6. The van der Waals surface area contributed by atoms with Gasteiger partial charge in [0, 0.05) is 12.1 Å². The van der Waals surface area contributed by atoms with E-state index in [4.69, 9.17) is 4.74 Å². The second-order valence-corrected chi connectivity index (χ2v) is 4.84. The number of rotatable bonds is 0. The number of fused-ring (bicyclic) bond motifs is 2. The molecule has 1 atom stereocenters. The average Bonchev–Trinajstić information content (AvgIpc) is 2.29. The smallest absolute Gasteiger partial charge is 0.412 e. The summed E-state index contributed by atoms with van der Waals surface area (Å²) >= 11 is 0. The molecule has 4 heteroatoms. The lowest BCUT2D eigenvalue weighted by atomic mass is 9.84. The van der Waals surface area contributed by atoms with Crippen LogP contribution >= 0.6 is 0 Å². The third kappa shape index (κ3) is 1.69. The normalized spacial score (nSPS) is 27.2. The highest BCUT2D eigenvalue weighted by atomic mass is 16.6. The number of anilines is 1. The number of carbonyl (C=O) groups excluding carboxylic acids is 1. The molecule has 2 heterocycles. The standard InChI is InChI=1S/C13H16N2O2/c1-9-3-4-10-11(7-9)15-12(16)17-13(10)5-2-6-14-8-13/h3-4,7,14H,2,5-6,8H2,1H3,(H,15,16). The Kier molecular flexibility index (Phi) is 2.33. The monoisotopic (exact) mass is 232 g/mol. The Bertz CT molecular complexity index is 464. The van der Waals surface area contributed by atoms with Crippen molar-refractivity contribution in [2.75, 3.05) is 18.4 Å². The van der Waals surface area contributed by atoms with Crippen LogP contribution in [0.4, 0.5) is 10.5 Å². The molecule has 1 fully saturated rings. The summed E-state index contributed by atoms with van der Waals surface area (Å²) in [7, 11) is 0. The molecule has 0 radical (unpaired) electrons. The van der Waals surface area contributed by atoms with Crippen molar-refractivity contribution in [3.05, 3.63) is 29.3 Å². The van der Waals surface area contributed by atoms with Gasteiger partial charge in [-0.05, 0) is 37.9 Å². The summed E-state index contributed by atoms with van der Waals surface area (Å²) in [6.45, 7) is 3.72. The fourth-order valence-corrected chi connectivity index (χ4v) is 2.72. The molecule has 4 nitrogen and oxygen atoms in total. The van der Waals surface area contributed by atoms with Crippen LogP contribution < -0.4 is 10.6 Å². The first-order valence-corrected chi connectivity index (χ1v) is 6.01. The molecule has 17 heavy (non-hydrogen) atoms. The Morgan fingerprint density at radius 3 is 3.06 bits per heavy atom. The summed E-state index contributed by atoms with van der Waals surface area (Å²) in [5.41, 5.74) is 2.66. The largest absolute Gasteiger partial charge is 0.436 e. The molecule has 1 aromatic carbocycles. The van der Waals surface area contributed by atoms with Gasteiger partial charge in [-0.15, -0.1) is 0 Å². The van der Waals surface area contributed by atoms with E-state index < -0.39 is 5.60 Å². The number of aryl methyl sites for hydroxylation is 1. The number of ether oxygens (including phenoxy) is 1. The molecule has 1 saturated heterocycles. The van der Waals surface area contributed by atoms with Crippen molar-refractivity contribution in [3.8, 4) is 0 Å². The van der Waals surface area contributed by atoms with Gasteiger partial charge in [0.2, 0.25) is 0 Å². The van der Waals surface area contributed by atoms with Crippen LogP contribution in [0.2, 0.25) is 0 Å². The van der Waals surface area contributed by atoms with Crippen molar-refractivity contribution in [1.82, 2.24) is 5.32 Å². The number of carbonyl (C=O) groups is 1. The zero-order chi connectivity index (χ0) is 11.9. The number of hydrogen-bond donors (Lipinski definition) is 2. The molecule has 0 saturated carbocycles. The van der Waals surface area contributed by atoms with Crippen molar-refractivity contribution >= 4 is 11.8 Å². The highest BCUT2D eigenvalue weighted by Crippen LogP contribution is 2.40. The molecule has 1 spiro atoms. The third-order valence-corrected chi connectivity index (χ3v) is 3.54. The van der Waals surface area contributed by atoms with E-state index in [1.807, 2.05) is 13.0 Å². The van der Waals surface area contributed by atoms with E-state index in [1.165, 1.54) is 0 Å². The van der Waals surface area contributed by atoms with Crippen LogP contribution in [0.15, 0.2) is 18.2 Å². The third-order valence-electron chi connectivity index (χ3n) is 3.54. The van der Waals surface area contributed by atoms with Gasteiger partial charge >= 0.3 is 6.09 Å². The first-order chi connectivity index (χ1) is 8.20. The number of nitrogens with one attached hydrogen (secondary N) is 2. The maximum Gasteiger partial charge on any atom is 0.412 e. The number of benzene rings is 1. The van der Waals surface area contributed by atoms with Crippen molar-refractivity contribution in [2.24, 2.45) is 0 Å². The fraction of sp³-hybridized carbons (Fsp3) is 0.462. The van der Waals surface area contributed by atoms with Crippen LogP contribution in [0.25, 0.3) is 0 Å². The predicted molar refractivity (Wildman–Crippen MR) is 65.1 cm³/mol. The first-order valence-electron chi connectivity index (χ1n) is 6.01. The summed E-state index contributed by atoms with van der Waals surface area (Å²) in [5, 5.41) is 6.10. The van der Waals surface area contributed by atoms with Crippen molar-refractivity contribution in [2.45, 2.75) is 25.4 Å². The molecule has 3 rings (SSSR count). The molecule has 2 aliphatic rings. The van der Waals surface area contributed by atoms with Crippen LogP contribution in [0.5, 0.6) is 0 Å². The van der Waals surface area contributed by atoms with Gasteiger partial charge in [-0.1, -0.05) is 12.1 Å². The van der Waals surface area contributed by atoms with Crippen molar-refractivity contribution in [3.63, 3.8) is 0 Å². The Morgan fingerprint density at radius 2 is 2.29 bits per heavy atom. The van der Waals surface area contributed by atoms with Crippen molar-refractivity contribution < 1.29 is 9.53 Å². The van der Waals surface area contributed by atoms with E-state index in [9.17, 15) is 4.79 Å². The van der Waals surface area contributed by atoms with E-state index in [2.05, 4.69) is 22.8 Å². The minimum Gasteiger partial charge on any atom is -0.436 e. The van der Waals surface area contributed by atoms with Gasteiger partial charge in [-0.25, -0.2) is 4.79 Å². The zero-order valence-electron chi connectivity index (χ0n) is 9.88. The lowest BCUT2D eigenvalue weighted by Gasteiger charge is -2.41. The first kappa shape index (κ1) is 10.6. The topological polar surface area (TPSA) is 50.4 Å². The van der Waals surface area contributed by atoms with Crippen LogP contribution in [-0.4, -0.2) is 19.2 Å². The summed E-state index contributed by atoms with van der Waals surface area (Å²) in [5.74, 6) is 0. The van der Waals surface area contributed by atoms with Crippen LogP contribution in [0.1, 0.15) is 24.0 Å². The summed E-state index contributed by atoms with van der Waals surface area (Å²) in [6, 6.07) is 6.14. The second kappa shape index (κ2) is 3.74. The van der Waals surface area contributed by atoms with Gasteiger partial charge in [0.25, 0.3) is 0 Å². The van der Waals surface area contributed by atoms with E-state index in [0.717, 1.165) is 36.2 Å². The van der Waals surface area contributed by atoms with Crippen LogP contribution in [0.3, 0.4) is 0 Å². The van der Waals surface area contributed by atoms with Gasteiger partial charge in [-0.3, -0.25) is 5.32 Å². The zero-order valence-corrected chi connectivity index (χ0v) is 9.88. The number of hydrogen-bond acceptors (Lipinski definition) is 3. The Hall–Kier alpha value is -1.55. The summed E-state index contributed by atoms with van der Waals surface area (Å²) in [6.07, 6.45) is 1.58. The van der Waals surface area contributed by atoms with E-state index in [0.29, 0.717) is 6.54 Å². The van der Waals surface area contributed by atoms with E-state index in [-0.39, 0.29) is 6.09 Å². The minimum absolute atomic E-state index is 0.341. The van der Waals surface area contributed by atoms with Crippen LogP contribution in [0, 0.1) is 6.92 Å². The van der Waals surface area contributed by atoms with E-state index in [1.54, 1.807) is 0 Å². The average molecular weight is 232 g/mol. The molecule has 1 amide bonds. The molecule has 0 aromatic heterocycles. The molecule has 1 unspecified atom stereocenters. The lowest BCUT2D eigenvalue weighted by molar-refractivity contribution is -0.00724. The highest BCUT2D eigenvalue weighted by Gasteiger charge is 2.42. The fourth-order valence-electron chi connectivity index (χ4n) is 2.72. The maximum atomic E-state index is 11.6. The molecule has 90 valence electrons. The van der Waals surface area contributed by atoms with Gasteiger partial charge in [0.1, 0.15) is 0 Å². The van der Waals surface area contributed by atoms with Gasteiger partial charge in [-0.2, -0.15) is 0 Å². The lowest BCUT2D eigenvalue weighted by Crippen LogP contribution is -2.49. The van der Waals surface area contributed by atoms with E-state index >= 15 is 0 Å². The minimum atomic E-state index is -0.469. The summed E-state index contributed by atoms with van der Waals surface area (Å²) < 4.78 is 5.57. The highest BCUT2D eigenvalue weighted by molar-refractivity contribution is 5.89. The molecule has 1 aromatic rings. The Labute approximate surface area is 100 Å². The van der Waals surface area contributed by atoms with Crippen molar-refractivity contribution in [1.29, 1.82) is 0 Å². The molecule has 2 aliphatic heterocycles. The molecule has 0 bridgehead atoms. The van der Waals surface area contributed by atoms with Crippen LogP contribution in [-0.2, 0) is 10.3 Å². The SMILES string of the molecule is Cc1ccc2c(c1)NC(=O)OC21CCCNC1. The molecule has 2 N–H and O–H groups in total. The Balaban J connectivity index is 2.09. The molecular formula is C13H16N2O2. The number of amides is 1. The number of piperidine rings is 1.